The van der Waals surface area contributed by atoms with Gasteiger partial charge in [-0.25, -0.2) is 9.18 Å². The molecule has 1 saturated heterocycles. The minimum atomic E-state index is -1.05. The molecule has 4 nitrogen and oxygen atoms in total. The molecule has 18 heavy (non-hydrogen) atoms. The highest BCUT2D eigenvalue weighted by Gasteiger charge is 2.26. The first-order valence-corrected chi connectivity index (χ1v) is 5.97. The number of nitrogens with zero attached hydrogens (tertiary/aromatic N) is 1. The van der Waals surface area contributed by atoms with Gasteiger partial charge < -0.3 is 15.3 Å². The van der Waals surface area contributed by atoms with E-state index in [1.165, 1.54) is 18.2 Å². The summed E-state index contributed by atoms with van der Waals surface area (Å²) in [5, 5.41) is 12.0. The maximum atomic E-state index is 13.6. The number of benzene rings is 1. The van der Waals surface area contributed by atoms with Gasteiger partial charge in [-0.05, 0) is 38.6 Å². The Hall–Kier alpha value is -1.62. The molecule has 0 spiro atoms. The first-order chi connectivity index (χ1) is 8.47. The van der Waals surface area contributed by atoms with Crippen molar-refractivity contribution in [3.63, 3.8) is 0 Å². The van der Waals surface area contributed by atoms with Gasteiger partial charge in [-0.3, -0.25) is 0 Å². The molecule has 0 aliphatic carbocycles. The number of halogens is 1. The summed E-state index contributed by atoms with van der Waals surface area (Å²) in [5.74, 6) is -1.46. The summed E-state index contributed by atoms with van der Waals surface area (Å²) in [4.78, 5) is 13.0. The zero-order chi connectivity index (χ0) is 13.3. The van der Waals surface area contributed by atoms with Gasteiger partial charge in [-0.2, -0.15) is 0 Å². The van der Waals surface area contributed by atoms with Gasteiger partial charge >= 0.3 is 5.97 Å². The summed E-state index contributed by atoms with van der Waals surface area (Å²) in [6.45, 7) is 2.95. The van der Waals surface area contributed by atoms with Crippen molar-refractivity contribution in [2.24, 2.45) is 0 Å². The average molecular weight is 252 g/mol. The summed E-state index contributed by atoms with van der Waals surface area (Å²) in [7, 11) is 2.02. The van der Waals surface area contributed by atoms with E-state index in [0.717, 1.165) is 13.0 Å². The molecule has 2 rings (SSSR count). The second kappa shape index (κ2) is 4.94. The lowest BCUT2D eigenvalue weighted by Crippen LogP contribution is -2.25. The molecule has 1 aliphatic heterocycles. The molecule has 1 aromatic rings. The lowest BCUT2D eigenvalue weighted by Gasteiger charge is -2.15. The van der Waals surface area contributed by atoms with Crippen LogP contribution in [0.1, 0.15) is 23.7 Å². The third-order valence-corrected chi connectivity index (χ3v) is 3.46. The van der Waals surface area contributed by atoms with E-state index in [9.17, 15) is 9.18 Å². The van der Waals surface area contributed by atoms with Crippen LogP contribution in [0.2, 0.25) is 0 Å². The van der Waals surface area contributed by atoms with E-state index in [-0.39, 0.29) is 17.3 Å². The van der Waals surface area contributed by atoms with Crippen LogP contribution in [0.5, 0.6) is 0 Å². The normalized spacial score (nSPS) is 24.2. The molecule has 1 fully saturated rings. The molecule has 0 amide bonds. The van der Waals surface area contributed by atoms with E-state index in [4.69, 9.17) is 5.11 Å². The van der Waals surface area contributed by atoms with Crippen molar-refractivity contribution in [1.82, 2.24) is 4.90 Å². The van der Waals surface area contributed by atoms with Gasteiger partial charge in [-0.15, -0.1) is 0 Å². The molecule has 0 saturated carbocycles. The van der Waals surface area contributed by atoms with Crippen LogP contribution in [-0.2, 0) is 0 Å². The molecule has 2 atom stereocenters. The van der Waals surface area contributed by atoms with Crippen molar-refractivity contribution in [3.8, 4) is 0 Å². The monoisotopic (exact) mass is 252 g/mol. The molecule has 2 unspecified atom stereocenters. The number of likely N-dealkylation sites (tertiary alicyclic amines) is 1. The van der Waals surface area contributed by atoms with Crippen LogP contribution >= 0.6 is 0 Å². The molecule has 1 aromatic carbocycles. The van der Waals surface area contributed by atoms with Gasteiger partial charge in [0.25, 0.3) is 0 Å². The highest BCUT2D eigenvalue weighted by atomic mass is 19.1. The van der Waals surface area contributed by atoms with E-state index < -0.39 is 11.8 Å². The van der Waals surface area contributed by atoms with Gasteiger partial charge in [-0.1, -0.05) is 0 Å². The fourth-order valence-electron chi connectivity index (χ4n) is 2.29. The summed E-state index contributed by atoms with van der Waals surface area (Å²) >= 11 is 0. The predicted molar refractivity (Wildman–Crippen MR) is 67.5 cm³/mol. The molecule has 98 valence electrons. The highest BCUT2D eigenvalue weighted by molar-refractivity contribution is 5.88. The number of hydrogen-bond acceptors (Lipinski definition) is 3. The zero-order valence-electron chi connectivity index (χ0n) is 10.5. The Labute approximate surface area is 105 Å². The fourth-order valence-corrected chi connectivity index (χ4v) is 2.29. The van der Waals surface area contributed by atoms with Crippen LogP contribution < -0.4 is 5.32 Å². The highest BCUT2D eigenvalue weighted by Crippen LogP contribution is 2.22. The van der Waals surface area contributed by atoms with Crippen LogP contribution in [0.25, 0.3) is 0 Å². The average Bonchev–Trinajstić information content (AvgIpc) is 2.61. The molecule has 2 N–H and O–H groups in total. The Morgan fingerprint density at radius 3 is 2.83 bits per heavy atom. The van der Waals surface area contributed by atoms with E-state index >= 15 is 0 Å². The van der Waals surface area contributed by atoms with Crippen LogP contribution in [0, 0.1) is 5.82 Å². The third kappa shape index (κ3) is 2.61. The minimum absolute atomic E-state index is 0.0956. The number of nitrogens with one attached hydrogen (secondary N) is 1. The number of carboxylic acid groups (broad SMARTS) is 1. The topological polar surface area (TPSA) is 52.6 Å². The van der Waals surface area contributed by atoms with Crippen molar-refractivity contribution >= 4 is 11.7 Å². The van der Waals surface area contributed by atoms with Crippen LogP contribution in [-0.4, -0.2) is 41.7 Å². The van der Waals surface area contributed by atoms with Crippen molar-refractivity contribution < 1.29 is 14.3 Å². The molecular weight excluding hydrogens is 235 g/mol. The van der Waals surface area contributed by atoms with E-state index in [0.29, 0.717) is 6.04 Å². The molecule has 1 aliphatic rings. The quantitative estimate of drug-likeness (QED) is 0.864. The second-order valence-corrected chi connectivity index (χ2v) is 4.87. The van der Waals surface area contributed by atoms with Crippen LogP contribution in [0.3, 0.4) is 0 Å². The Balaban J connectivity index is 2.14. The SMILES string of the molecule is CC1CC(Nc2cc(C(=O)O)ccc2F)CN1C. The fraction of sp³-hybridized carbons (Fsp3) is 0.462. The summed E-state index contributed by atoms with van der Waals surface area (Å²) in [6.07, 6.45) is 0.924. The predicted octanol–water partition coefficient (Wildman–Crippen LogP) is 2.03. The smallest absolute Gasteiger partial charge is 0.335 e. The van der Waals surface area contributed by atoms with Gasteiger partial charge in [0, 0.05) is 18.6 Å². The lowest BCUT2D eigenvalue weighted by atomic mass is 10.1. The van der Waals surface area contributed by atoms with Gasteiger partial charge in [0.2, 0.25) is 0 Å². The summed E-state index contributed by atoms with van der Waals surface area (Å²) < 4.78 is 13.6. The second-order valence-electron chi connectivity index (χ2n) is 4.87. The Bertz CT molecular complexity index is 454. The number of likely N-dealkylation sites (N-methyl/N-ethyl adjacent to an activating group) is 1. The molecular formula is C13H17FN2O2. The van der Waals surface area contributed by atoms with Crippen molar-refractivity contribution in [3.05, 3.63) is 29.6 Å². The summed E-state index contributed by atoms with van der Waals surface area (Å²) in [5.41, 5.74) is 0.362. The number of carboxylic acids is 1. The minimum Gasteiger partial charge on any atom is -0.478 e. The van der Waals surface area contributed by atoms with Crippen molar-refractivity contribution in [1.29, 1.82) is 0 Å². The van der Waals surface area contributed by atoms with E-state index in [1.807, 2.05) is 7.05 Å². The number of aromatic carboxylic acids is 1. The first kappa shape index (κ1) is 12.8. The molecule has 0 bridgehead atoms. The van der Waals surface area contributed by atoms with Crippen molar-refractivity contribution in [2.45, 2.75) is 25.4 Å². The maximum Gasteiger partial charge on any atom is 0.335 e. The standard InChI is InChI=1S/C13H17FN2O2/c1-8-5-10(7-16(8)2)15-12-6-9(13(17)18)3-4-11(12)14/h3-4,6,8,10,15H,5,7H2,1-2H3,(H,17,18). The van der Waals surface area contributed by atoms with Crippen molar-refractivity contribution in [2.75, 3.05) is 18.9 Å². The first-order valence-electron chi connectivity index (χ1n) is 5.97. The number of carbonyl (C=O) groups is 1. The Morgan fingerprint density at radius 2 is 2.28 bits per heavy atom. The maximum absolute atomic E-state index is 13.6. The number of rotatable bonds is 3. The zero-order valence-corrected chi connectivity index (χ0v) is 10.5. The Kier molecular flexibility index (Phi) is 3.52. The van der Waals surface area contributed by atoms with E-state index in [1.54, 1.807) is 0 Å². The molecule has 1 heterocycles. The summed E-state index contributed by atoms with van der Waals surface area (Å²) in [6, 6.07) is 4.41. The number of anilines is 1. The van der Waals surface area contributed by atoms with Gasteiger partial charge in [0.05, 0.1) is 11.3 Å². The Morgan fingerprint density at radius 1 is 1.56 bits per heavy atom. The third-order valence-electron chi connectivity index (χ3n) is 3.46. The molecule has 0 radical (unpaired) electrons. The van der Waals surface area contributed by atoms with Crippen LogP contribution in [0.4, 0.5) is 10.1 Å². The van der Waals surface area contributed by atoms with Gasteiger partial charge in [0.15, 0.2) is 0 Å². The van der Waals surface area contributed by atoms with Gasteiger partial charge in [0.1, 0.15) is 5.82 Å². The van der Waals surface area contributed by atoms with E-state index in [2.05, 4.69) is 17.1 Å². The van der Waals surface area contributed by atoms with Crippen LogP contribution in [0.15, 0.2) is 18.2 Å². The lowest BCUT2D eigenvalue weighted by molar-refractivity contribution is 0.0697. The number of hydrogen-bond donors (Lipinski definition) is 2. The molecule has 5 heteroatoms. The largest absolute Gasteiger partial charge is 0.478 e. The molecule has 0 aromatic heterocycles.